The molecule has 9 heteroatoms. The van der Waals surface area contributed by atoms with Crippen molar-refractivity contribution >= 4 is 17.8 Å². The summed E-state index contributed by atoms with van der Waals surface area (Å²) in [6.45, 7) is 4.25. The first kappa shape index (κ1) is 25.1. The molecule has 1 saturated heterocycles. The van der Waals surface area contributed by atoms with Crippen LogP contribution in [0.25, 0.3) is 0 Å². The number of nitrogens with zero attached hydrogens (tertiary/aromatic N) is 1. The van der Waals surface area contributed by atoms with Crippen molar-refractivity contribution in [3.8, 4) is 0 Å². The second-order valence-corrected chi connectivity index (χ2v) is 7.90. The van der Waals surface area contributed by atoms with Crippen molar-refractivity contribution in [1.29, 1.82) is 0 Å². The van der Waals surface area contributed by atoms with Gasteiger partial charge < -0.3 is 20.3 Å². The minimum atomic E-state index is -1.26. The molecule has 0 radical (unpaired) electrons. The Hall–Kier alpha value is -3.53. The molecule has 1 unspecified atom stereocenters. The summed E-state index contributed by atoms with van der Waals surface area (Å²) >= 11 is 0. The number of carboxylic acid groups (broad SMARTS) is 2. The van der Waals surface area contributed by atoms with E-state index in [0.717, 1.165) is 45.6 Å². The Kier molecular flexibility index (Phi) is 9.33. The van der Waals surface area contributed by atoms with E-state index >= 15 is 0 Å². The minimum Gasteiger partial charge on any atom is -0.478 e. The van der Waals surface area contributed by atoms with Crippen LogP contribution in [0.3, 0.4) is 0 Å². The zero-order chi connectivity index (χ0) is 24.3. The molecule has 1 atom stereocenters. The number of hydrazine groups is 1. The molecule has 180 valence electrons. The van der Waals surface area contributed by atoms with Gasteiger partial charge in [0.25, 0.3) is 5.91 Å². The van der Waals surface area contributed by atoms with E-state index in [1.807, 2.05) is 29.3 Å². The molecule has 2 heterocycles. The number of amides is 1. The molecule has 34 heavy (non-hydrogen) atoms. The maximum atomic E-state index is 12.4. The van der Waals surface area contributed by atoms with Crippen molar-refractivity contribution in [2.45, 2.75) is 18.9 Å². The minimum absolute atomic E-state index is 0.0438. The van der Waals surface area contributed by atoms with Gasteiger partial charge in [-0.25, -0.2) is 14.6 Å². The van der Waals surface area contributed by atoms with Gasteiger partial charge in [0.2, 0.25) is 0 Å². The lowest BCUT2D eigenvalue weighted by molar-refractivity contribution is -0.134. The Morgan fingerprint density at radius 3 is 2.29 bits per heavy atom. The highest BCUT2D eigenvalue weighted by molar-refractivity contribution is 5.93. The number of rotatable bonds is 6. The van der Waals surface area contributed by atoms with Crippen LogP contribution in [0.4, 0.5) is 0 Å². The van der Waals surface area contributed by atoms with Crippen LogP contribution in [0.15, 0.2) is 60.7 Å². The summed E-state index contributed by atoms with van der Waals surface area (Å²) in [5.41, 5.74) is 7.53. The average Bonchev–Trinajstić information content (AvgIpc) is 2.84. The fourth-order valence-electron chi connectivity index (χ4n) is 3.78. The molecule has 1 amide bonds. The molecule has 2 aromatic carbocycles. The van der Waals surface area contributed by atoms with Gasteiger partial charge in [-0.3, -0.25) is 10.2 Å². The molecule has 0 aliphatic carbocycles. The van der Waals surface area contributed by atoms with Crippen molar-refractivity contribution in [3.63, 3.8) is 0 Å². The Balaban J connectivity index is 0.000000350. The Labute approximate surface area is 198 Å². The highest BCUT2D eigenvalue weighted by Crippen LogP contribution is 2.29. The van der Waals surface area contributed by atoms with Crippen molar-refractivity contribution in [3.05, 3.63) is 82.9 Å². The molecule has 2 aliphatic heterocycles. The lowest BCUT2D eigenvalue weighted by Gasteiger charge is -2.27. The zero-order valence-corrected chi connectivity index (χ0v) is 18.8. The van der Waals surface area contributed by atoms with Crippen LogP contribution >= 0.6 is 0 Å². The number of benzene rings is 2. The first-order valence-corrected chi connectivity index (χ1v) is 11.1. The maximum Gasteiger partial charge on any atom is 0.328 e. The van der Waals surface area contributed by atoms with Crippen LogP contribution in [-0.4, -0.2) is 65.9 Å². The zero-order valence-electron chi connectivity index (χ0n) is 18.8. The van der Waals surface area contributed by atoms with Crippen LogP contribution in [0.1, 0.15) is 33.2 Å². The van der Waals surface area contributed by atoms with E-state index in [1.165, 1.54) is 16.7 Å². The smallest absolute Gasteiger partial charge is 0.328 e. The molecular formula is C25H29N3O6. The van der Waals surface area contributed by atoms with E-state index in [2.05, 4.69) is 35.0 Å². The molecule has 2 aromatic rings. The molecule has 0 aromatic heterocycles. The fourth-order valence-corrected chi connectivity index (χ4v) is 3.78. The number of ether oxygens (including phenoxy) is 1. The van der Waals surface area contributed by atoms with Gasteiger partial charge in [0.15, 0.2) is 0 Å². The number of hydrogen-bond donors (Lipinski definition) is 4. The van der Waals surface area contributed by atoms with Gasteiger partial charge in [-0.2, -0.15) is 0 Å². The topological polar surface area (TPSA) is 128 Å². The van der Waals surface area contributed by atoms with Gasteiger partial charge in [0.05, 0.1) is 12.7 Å². The second kappa shape index (κ2) is 12.6. The summed E-state index contributed by atoms with van der Waals surface area (Å²) in [4.78, 5) is 31.5. The van der Waals surface area contributed by atoms with Gasteiger partial charge >= 0.3 is 11.9 Å². The van der Waals surface area contributed by atoms with Crippen LogP contribution in [-0.2, 0) is 27.2 Å². The molecule has 1 fully saturated rings. The van der Waals surface area contributed by atoms with Crippen molar-refractivity contribution < 1.29 is 29.3 Å². The van der Waals surface area contributed by atoms with E-state index in [4.69, 9.17) is 14.9 Å². The SMILES string of the molecule is O=C(NN1CCNCC1)c1ccc(CC2OCCc3ccccc32)cc1.O=C(O)/C=C\C(=O)O. The maximum absolute atomic E-state index is 12.4. The average molecular weight is 468 g/mol. The molecule has 9 nitrogen and oxygen atoms in total. The van der Waals surface area contributed by atoms with Gasteiger partial charge in [0.1, 0.15) is 0 Å². The number of carboxylic acids is 2. The molecule has 2 aliphatic rings. The predicted molar refractivity (Wildman–Crippen MR) is 125 cm³/mol. The number of carbonyl (C=O) groups is 3. The summed E-state index contributed by atoms with van der Waals surface area (Å²) < 4.78 is 5.99. The molecule has 4 N–H and O–H groups in total. The standard InChI is InChI=1S/C21H25N3O2.C4H4O4/c25-21(23-24-12-10-22-11-13-24)18-7-5-16(6-8-18)15-20-19-4-2-1-3-17(19)9-14-26-20;5-3(6)1-2-4(7)8/h1-8,20,22H,9-15H2,(H,23,25);1-2H,(H,5,6)(H,7,8)/b;2-1-. The first-order chi connectivity index (χ1) is 16.4. The summed E-state index contributed by atoms with van der Waals surface area (Å²) in [6, 6.07) is 16.4. The number of hydrogen-bond acceptors (Lipinski definition) is 6. The normalized spacial score (nSPS) is 17.8. The lowest BCUT2D eigenvalue weighted by atomic mass is 9.93. The van der Waals surface area contributed by atoms with Crippen molar-refractivity contribution in [2.24, 2.45) is 0 Å². The van der Waals surface area contributed by atoms with E-state index in [9.17, 15) is 14.4 Å². The van der Waals surface area contributed by atoms with Gasteiger partial charge in [-0.05, 0) is 35.2 Å². The number of nitrogens with one attached hydrogen (secondary N) is 2. The molecule has 4 rings (SSSR count). The molecule has 0 saturated carbocycles. The van der Waals surface area contributed by atoms with E-state index < -0.39 is 11.9 Å². The molecule has 0 spiro atoms. The monoisotopic (exact) mass is 467 g/mol. The van der Waals surface area contributed by atoms with Crippen molar-refractivity contribution in [2.75, 3.05) is 32.8 Å². The number of piperazine rings is 1. The van der Waals surface area contributed by atoms with Gasteiger partial charge in [-0.1, -0.05) is 36.4 Å². The largest absolute Gasteiger partial charge is 0.478 e. The van der Waals surface area contributed by atoms with Crippen LogP contribution < -0.4 is 10.7 Å². The highest BCUT2D eigenvalue weighted by Gasteiger charge is 2.21. The van der Waals surface area contributed by atoms with Crippen LogP contribution in [0.5, 0.6) is 0 Å². The fraction of sp³-hybridized carbons (Fsp3) is 0.320. The molecule has 0 bridgehead atoms. The van der Waals surface area contributed by atoms with Gasteiger partial charge in [-0.15, -0.1) is 0 Å². The molecular weight excluding hydrogens is 438 g/mol. The number of fused-ring (bicyclic) bond motifs is 1. The summed E-state index contributed by atoms with van der Waals surface area (Å²) in [5, 5.41) is 20.9. The first-order valence-electron chi connectivity index (χ1n) is 11.1. The Bertz CT molecular complexity index is 1000. The lowest BCUT2D eigenvalue weighted by Crippen LogP contribution is -2.52. The van der Waals surface area contributed by atoms with Crippen LogP contribution in [0, 0.1) is 0 Å². The van der Waals surface area contributed by atoms with E-state index in [-0.39, 0.29) is 12.0 Å². The van der Waals surface area contributed by atoms with E-state index in [1.54, 1.807) is 0 Å². The predicted octanol–water partition coefficient (Wildman–Crippen LogP) is 1.80. The van der Waals surface area contributed by atoms with E-state index in [0.29, 0.717) is 17.7 Å². The third kappa shape index (κ3) is 7.80. The third-order valence-corrected chi connectivity index (χ3v) is 5.47. The van der Waals surface area contributed by atoms with Gasteiger partial charge in [0, 0.05) is 50.3 Å². The number of aliphatic carboxylic acids is 2. The third-order valence-electron chi connectivity index (χ3n) is 5.47. The Morgan fingerprint density at radius 2 is 1.65 bits per heavy atom. The summed E-state index contributed by atoms with van der Waals surface area (Å²) in [6.07, 6.45) is 3.03. The van der Waals surface area contributed by atoms with Crippen LogP contribution in [0.2, 0.25) is 0 Å². The van der Waals surface area contributed by atoms with Crippen molar-refractivity contribution in [1.82, 2.24) is 15.8 Å². The summed E-state index contributed by atoms with van der Waals surface area (Å²) in [7, 11) is 0. The summed E-state index contributed by atoms with van der Waals surface area (Å²) in [5.74, 6) is -2.56. The second-order valence-electron chi connectivity index (χ2n) is 7.90. The Morgan fingerprint density at radius 1 is 1.00 bits per heavy atom. The quantitative estimate of drug-likeness (QED) is 0.474. The number of carbonyl (C=O) groups excluding carboxylic acids is 1. The highest BCUT2D eigenvalue weighted by atomic mass is 16.5.